The molecule has 9 heteroatoms. The summed E-state index contributed by atoms with van der Waals surface area (Å²) in [4.78, 5) is 29.1. The summed E-state index contributed by atoms with van der Waals surface area (Å²) < 4.78 is 22.0. The number of ether oxygens (including phenoxy) is 1. The third kappa shape index (κ3) is 2.94. The molecule has 1 aliphatic carbocycles. The molecule has 3 aromatic rings. The molecule has 2 fully saturated rings. The molecule has 178 valence electrons. The summed E-state index contributed by atoms with van der Waals surface area (Å²) >= 11 is 1.64. The van der Waals surface area contributed by atoms with Crippen LogP contribution in [-0.2, 0) is 10.5 Å². The molecule has 0 bridgehead atoms. The van der Waals surface area contributed by atoms with Crippen molar-refractivity contribution in [3.8, 4) is 5.75 Å². The lowest BCUT2D eigenvalue weighted by Crippen LogP contribution is -2.70. The van der Waals surface area contributed by atoms with Gasteiger partial charge in [0, 0.05) is 22.9 Å². The quantitative estimate of drug-likeness (QED) is 0.563. The Balaban J connectivity index is 1.53. The summed E-state index contributed by atoms with van der Waals surface area (Å²) in [6.45, 7) is 0.710. The molecule has 0 unspecified atom stereocenters. The molecule has 4 heterocycles. The Hall–Kier alpha value is -3.30. The largest absolute Gasteiger partial charge is 0.502 e. The minimum absolute atomic E-state index is 0.0417. The van der Waals surface area contributed by atoms with Crippen LogP contribution in [-0.4, -0.2) is 45.5 Å². The van der Waals surface area contributed by atoms with Crippen molar-refractivity contribution in [1.29, 1.82) is 0 Å². The smallest absolute Gasteiger partial charge is 0.278 e. The molecule has 1 aromatic heterocycles. The SMILES string of the molecule is O=C1c2c(O)c(=O)ccn2N([C@H]2c3ccc(F)cc3CSc3ccccc32)[C@@H]2COCC3(CC3)N12. The fourth-order valence-electron chi connectivity index (χ4n) is 5.76. The number of carbonyl (C=O) groups is 1. The van der Waals surface area contributed by atoms with Crippen molar-refractivity contribution in [2.75, 3.05) is 18.2 Å². The van der Waals surface area contributed by atoms with Crippen LogP contribution in [0.2, 0.25) is 0 Å². The molecule has 1 saturated carbocycles. The van der Waals surface area contributed by atoms with Gasteiger partial charge in [0.1, 0.15) is 12.0 Å². The highest BCUT2D eigenvalue weighted by Crippen LogP contribution is 2.51. The van der Waals surface area contributed by atoms with Crippen molar-refractivity contribution >= 4 is 17.7 Å². The van der Waals surface area contributed by atoms with E-state index in [9.17, 15) is 19.1 Å². The van der Waals surface area contributed by atoms with E-state index in [4.69, 9.17) is 4.74 Å². The van der Waals surface area contributed by atoms with Crippen LogP contribution < -0.4 is 10.4 Å². The Bertz CT molecular complexity index is 1450. The zero-order valence-corrected chi connectivity index (χ0v) is 19.5. The Kier molecular flexibility index (Phi) is 4.41. The first-order valence-corrected chi connectivity index (χ1v) is 12.6. The molecule has 0 radical (unpaired) electrons. The predicted molar refractivity (Wildman–Crippen MR) is 128 cm³/mol. The van der Waals surface area contributed by atoms with Gasteiger partial charge in [-0.2, -0.15) is 0 Å². The van der Waals surface area contributed by atoms with Crippen LogP contribution >= 0.6 is 11.8 Å². The van der Waals surface area contributed by atoms with Gasteiger partial charge in [0.05, 0.1) is 24.8 Å². The van der Waals surface area contributed by atoms with Gasteiger partial charge in [-0.15, -0.1) is 11.8 Å². The van der Waals surface area contributed by atoms with Gasteiger partial charge in [0.25, 0.3) is 5.91 Å². The van der Waals surface area contributed by atoms with Crippen molar-refractivity contribution in [1.82, 2.24) is 9.58 Å². The van der Waals surface area contributed by atoms with E-state index in [1.807, 2.05) is 34.2 Å². The van der Waals surface area contributed by atoms with Gasteiger partial charge in [-0.25, -0.2) is 4.39 Å². The lowest BCUT2D eigenvalue weighted by molar-refractivity contribution is -0.0617. The van der Waals surface area contributed by atoms with E-state index < -0.39 is 28.9 Å². The minimum Gasteiger partial charge on any atom is -0.502 e. The molecule has 1 saturated heterocycles. The van der Waals surface area contributed by atoms with E-state index in [1.165, 1.54) is 12.1 Å². The molecule has 35 heavy (non-hydrogen) atoms. The number of hydrogen-bond donors (Lipinski definition) is 1. The molecule has 2 aromatic carbocycles. The number of hydrogen-bond acceptors (Lipinski definition) is 6. The third-order valence-corrected chi connectivity index (χ3v) is 8.70. The van der Waals surface area contributed by atoms with Gasteiger partial charge in [-0.1, -0.05) is 24.3 Å². The number of thioether (sulfide) groups is 1. The monoisotopic (exact) mass is 491 g/mol. The number of fused-ring (bicyclic) bond motifs is 5. The molecule has 1 N–H and O–H groups in total. The number of rotatable bonds is 1. The Morgan fingerprint density at radius 3 is 2.74 bits per heavy atom. The highest BCUT2D eigenvalue weighted by Gasteiger charge is 2.60. The molecule has 4 aliphatic rings. The molecule has 7 rings (SSSR count). The summed E-state index contributed by atoms with van der Waals surface area (Å²) in [5, 5.41) is 12.8. The van der Waals surface area contributed by atoms with Crippen LogP contribution in [0.1, 0.15) is 46.1 Å². The van der Waals surface area contributed by atoms with E-state index >= 15 is 0 Å². The van der Waals surface area contributed by atoms with E-state index in [1.54, 1.807) is 34.8 Å². The number of aromatic hydroxyl groups is 1. The normalized spacial score (nSPS) is 23.7. The lowest BCUT2D eigenvalue weighted by atomic mass is 9.93. The van der Waals surface area contributed by atoms with Gasteiger partial charge in [0.15, 0.2) is 11.4 Å². The molecule has 1 amide bonds. The first-order chi connectivity index (χ1) is 17.0. The number of morpholine rings is 1. The second-order valence-electron chi connectivity index (χ2n) is 9.57. The Morgan fingerprint density at radius 1 is 1.09 bits per heavy atom. The number of pyridine rings is 1. The standard InChI is InChI=1S/C26H22FN3O4S/c27-16-5-6-17-15(11-16)13-35-20-4-2-1-3-18(20)22(17)30-21-12-34-14-26(8-9-26)29(21)25(33)23-24(32)19(31)7-10-28(23)30/h1-7,10-11,21-22,32H,8-9,12-14H2/t21-,22+/m1/s1. The van der Waals surface area contributed by atoms with Crippen molar-refractivity contribution < 1.29 is 19.0 Å². The topological polar surface area (TPSA) is 75.0 Å². The summed E-state index contributed by atoms with van der Waals surface area (Å²) in [7, 11) is 0. The number of aromatic nitrogens is 1. The maximum Gasteiger partial charge on any atom is 0.278 e. The Labute approximate surface area is 204 Å². The van der Waals surface area contributed by atoms with Crippen LogP contribution in [0.3, 0.4) is 0 Å². The highest BCUT2D eigenvalue weighted by molar-refractivity contribution is 7.98. The van der Waals surface area contributed by atoms with Gasteiger partial charge in [-0.05, 0) is 47.7 Å². The van der Waals surface area contributed by atoms with Crippen molar-refractivity contribution in [3.63, 3.8) is 0 Å². The number of benzene rings is 2. The van der Waals surface area contributed by atoms with E-state index in [-0.39, 0.29) is 24.0 Å². The highest BCUT2D eigenvalue weighted by atomic mass is 32.2. The second kappa shape index (κ2) is 7.35. The molecular formula is C26H22FN3O4S. The maximum absolute atomic E-state index is 14.3. The summed E-state index contributed by atoms with van der Waals surface area (Å²) in [5.74, 6) is -0.620. The Morgan fingerprint density at radius 2 is 1.91 bits per heavy atom. The molecular weight excluding hydrogens is 469 g/mol. The van der Waals surface area contributed by atoms with Crippen LogP contribution in [0.15, 0.2) is 64.4 Å². The third-order valence-electron chi connectivity index (χ3n) is 7.56. The maximum atomic E-state index is 14.3. The summed E-state index contributed by atoms with van der Waals surface area (Å²) in [6, 6.07) is 13.7. The molecule has 1 spiro atoms. The molecule has 7 nitrogen and oxygen atoms in total. The number of nitrogens with zero attached hydrogens (tertiary/aromatic N) is 3. The van der Waals surface area contributed by atoms with E-state index in [0.29, 0.717) is 12.4 Å². The van der Waals surface area contributed by atoms with Crippen molar-refractivity contribution in [2.24, 2.45) is 0 Å². The van der Waals surface area contributed by atoms with Gasteiger partial charge >= 0.3 is 0 Å². The zero-order valence-electron chi connectivity index (χ0n) is 18.7. The summed E-state index contributed by atoms with van der Waals surface area (Å²) in [6.07, 6.45) is 2.69. The second-order valence-corrected chi connectivity index (χ2v) is 10.6. The lowest BCUT2D eigenvalue weighted by Gasteiger charge is -2.54. The summed E-state index contributed by atoms with van der Waals surface area (Å²) in [5.41, 5.74) is 1.71. The first kappa shape index (κ1) is 21.0. The van der Waals surface area contributed by atoms with Gasteiger partial charge in [-0.3, -0.25) is 19.3 Å². The number of halogens is 1. The fraction of sp³-hybridized carbons (Fsp3) is 0.308. The van der Waals surface area contributed by atoms with Gasteiger partial charge in [0.2, 0.25) is 5.43 Å². The minimum atomic E-state index is -0.597. The van der Waals surface area contributed by atoms with E-state index in [0.717, 1.165) is 34.4 Å². The van der Waals surface area contributed by atoms with E-state index in [2.05, 4.69) is 0 Å². The predicted octanol–water partition coefficient (Wildman–Crippen LogP) is 3.37. The van der Waals surface area contributed by atoms with Crippen LogP contribution in [0.25, 0.3) is 0 Å². The van der Waals surface area contributed by atoms with Crippen LogP contribution in [0, 0.1) is 5.82 Å². The van der Waals surface area contributed by atoms with Crippen LogP contribution in [0.5, 0.6) is 5.75 Å². The van der Waals surface area contributed by atoms with Crippen LogP contribution in [0.4, 0.5) is 4.39 Å². The van der Waals surface area contributed by atoms with Crippen molar-refractivity contribution in [2.45, 2.75) is 41.2 Å². The molecule has 3 aliphatic heterocycles. The van der Waals surface area contributed by atoms with Gasteiger partial charge < -0.3 is 14.7 Å². The number of amides is 1. The van der Waals surface area contributed by atoms with Crippen molar-refractivity contribution in [3.05, 3.63) is 93.2 Å². The fourth-order valence-corrected chi connectivity index (χ4v) is 6.85. The first-order valence-electron chi connectivity index (χ1n) is 11.6. The number of carbonyl (C=O) groups excluding carboxylic acids is 1. The molecule has 2 atom stereocenters. The zero-order chi connectivity index (χ0) is 23.9. The average Bonchev–Trinajstić information content (AvgIpc) is 3.64. The average molecular weight is 492 g/mol.